The van der Waals surface area contributed by atoms with Gasteiger partial charge in [0.2, 0.25) is 0 Å². The molecule has 0 bridgehead atoms. The average molecular weight is 590 g/mol. The summed E-state index contributed by atoms with van der Waals surface area (Å²) in [6.45, 7) is 0. The Morgan fingerprint density at radius 3 is 1.44 bits per heavy atom. The summed E-state index contributed by atoms with van der Waals surface area (Å²) in [6.07, 6.45) is 0. The Morgan fingerprint density at radius 2 is 0.944 bits per heavy atom. The highest BCUT2D eigenvalue weighted by Gasteiger charge is 2.52. The topological polar surface area (TPSA) is 9.23 Å². The first-order valence-electron chi connectivity index (χ1n) is 12.0. The Kier molecular flexibility index (Phi) is 4.22. The molecule has 0 atom stereocenters. The minimum Gasteiger partial charge on any atom is -0.455 e. The summed E-state index contributed by atoms with van der Waals surface area (Å²) in [4.78, 5) is 0. The van der Waals surface area contributed by atoms with E-state index in [1.54, 1.807) is 0 Å². The van der Waals surface area contributed by atoms with E-state index in [9.17, 15) is 0 Å². The molecule has 0 amide bonds. The number of halogens is 2. The van der Waals surface area contributed by atoms with Crippen LogP contribution in [0.4, 0.5) is 0 Å². The van der Waals surface area contributed by atoms with Crippen molar-refractivity contribution in [2.24, 2.45) is 0 Å². The molecule has 0 fully saturated rings. The molecule has 0 aromatic heterocycles. The van der Waals surface area contributed by atoms with Gasteiger partial charge in [0.1, 0.15) is 11.5 Å². The monoisotopic (exact) mass is 588 g/mol. The SMILES string of the molecule is Brc1ccc2c(c1)C1(c3cc(Br)ccc3-2)c2ccc3ccccc3c2Oc2c1ccc1ccccc21. The third-order valence-electron chi connectivity index (χ3n) is 7.83. The third-order valence-corrected chi connectivity index (χ3v) is 8.82. The molecule has 3 heteroatoms. The maximum Gasteiger partial charge on any atom is 0.140 e. The summed E-state index contributed by atoms with van der Waals surface area (Å²) in [5.41, 5.74) is 6.94. The van der Waals surface area contributed by atoms with E-state index in [0.29, 0.717) is 0 Å². The minimum atomic E-state index is -0.505. The first-order chi connectivity index (χ1) is 17.7. The predicted octanol–water partition coefficient (Wildman–Crippen LogP) is 9.99. The second-order valence-corrected chi connectivity index (χ2v) is 11.4. The zero-order valence-corrected chi connectivity index (χ0v) is 22.2. The van der Waals surface area contributed by atoms with Gasteiger partial charge < -0.3 is 4.74 Å². The van der Waals surface area contributed by atoms with Crippen molar-refractivity contribution in [3.63, 3.8) is 0 Å². The normalized spacial score (nSPS) is 14.3. The van der Waals surface area contributed by atoms with E-state index in [1.165, 1.54) is 44.2 Å². The fourth-order valence-corrected chi connectivity index (χ4v) is 7.11. The molecule has 1 spiro atoms. The van der Waals surface area contributed by atoms with Crippen LogP contribution in [-0.2, 0) is 5.41 Å². The predicted molar refractivity (Wildman–Crippen MR) is 154 cm³/mol. The van der Waals surface area contributed by atoms with Gasteiger partial charge in [0.25, 0.3) is 0 Å². The lowest BCUT2D eigenvalue weighted by Crippen LogP contribution is -2.32. The van der Waals surface area contributed by atoms with E-state index in [-0.39, 0.29) is 0 Å². The fourth-order valence-electron chi connectivity index (χ4n) is 6.39. The zero-order valence-electron chi connectivity index (χ0n) is 19.1. The highest BCUT2D eigenvalue weighted by atomic mass is 79.9. The Hall–Kier alpha value is -3.40. The molecule has 36 heavy (non-hydrogen) atoms. The molecule has 1 aliphatic heterocycles. The molecule has 0 saturated heterocycles. The smallest absolute Gasteiger partial charge is 0.140 e. The Bertz CT molecular complexity index is 1760. The second-order valence-electron chi connectivity index (χ2n) is 9.56. The van der Waals surface area contributed by atoms with Crippen LogP contribution in [0, 0.1) is 0 Å². The van der Waals surface area contributed by atoms with Crippen molar-refractivity contribution < 1.29 is 4.74 Å². The van der Waals surface area contributed by atoms with Crippen molar-refractivity contribution in [1.29, 1.82) is 0 Å². The van der Waals surface area contributed by atoms with Crippen molar-refractivity contribution >= 4 is 53.4 Å². The lowest BCUT2D eigenvalue weighted by molar-refractivity contribution is 0.447. The highest BCUT2D eigenvalue weighted by Crippen LogP contribution is 2.64. The van der Waals surface area contributed by atoms with E-state index >= 15 is 0 Å². The van der Waals surface area contributed by atoms with Crippen molar-refractivity contribution in [2.45, 2.75) is 5.41 Å². The minimum absolute atomic E-state index is 0.505. The van der Waals surface area contributed by atoms with E-state index in [1.807, 2.05) is 0 Å². The van der Waals surface area contributed by atoms with E-state index in [2.05, 4.69) is 141 Å². The Morgan fingerprint density at radius 1 is 0.472 bits per heavy atom. The van der Waals surface area contributed by atoms with Gasteiger partial charge in [-0.25, -0.2) is 0 Å². The summed E-state index contributed by atoms with van der Waals surface area (Å²) >= 11 is 7.59. The van der Waals surface area contributed by atoms with Gasteiger partial charge in [-0.3, -0.25) is 0 Å². The van der Waals surface area contributed by atoms with Crippen molar-refractivity contribution in [3.8, 4) is 22.6 Å². The lowest BCUT2D eigenvalue weighted by atomic mass is 9.65. The van der Waals surface area contributed by atoms with Gasteiger partial charge >= 0.3 is 0 Å². The molecule has 0 unspecified atom stereocenters. The van der Waals surface area contributed by atoms with Crippen molar-refractivity contribution in [3.05, 3.63) is 140 Å². The summed E-state index contributed by atoms with van der Waals surface area (Å²) in [6, 6.07) is 39.4. The van der Waals surface area contributed by atoms with Gasteiger partial charge in [-0.1, -0.05) is 117 Å². The van der Waals surface area contributed by atoms with Crippen molar-refractivity contribution in [2.75, 3.05) is 0 Å². The van der Waals surface area contributed by atoms with Crippen LogP contribution in [0.5, 0.6) is 11.5 Å². The molecule has 6 aromatic carbocycles. The van der Waals surface area contributed by atoms with Crippen LogP contribution in [-0.4, -0.2) is 0 Å². The number of hydrogen-bond donors (Lipinski definition) is 0. The summed E-state index contributed by atoms with van der Waals surface area (Å²) in [5, 5.41) is 4.62. The molecule has 1 nitrogen and oxygen atoms in total. The largest absolute Gasteiger partial charge is 0.455 e. The number of fused-ring (bicyclic) bond motifs is 13. The summed E-state index contributed by atoms with van der Waals surface area (Å²) in [5.74, 6) is 1.88. The van der Waals surface area contributed by atoms with Gasteiger partial charge in [-0.05, 0) is 57.3 Å². The number of rotatable bonds is 0. The van der Waals surface area contributed by atoms with Crippen LogP contribution in [0.15, 0.2) is 118 Å². The van der Waals surface area contributed by atoms with Crippen molar-refractivity contribution in [1.82, 2.24) is 0 Å². The molecular formula is C33H18Br2O. The quantitative estimate of drug-likeness (QED) is 0.171. The molecule has 6 aromatic rings. The molecular weight excluding hydrogens is 572 g/mol. The van der Waals surface area contributed by atoms with Crippen LogP contribution in [0.1, 0.15) is 22.3 Å². The van der Waals surface area contributed by atoms with Gasteiger partial charge in [-0.15, -0.1) is 0 Å². The van der Waals surface area contributed by atoms with Crippen LogP contribution in [0.3, 0.4) is 0 Å². The first kappa shape index (κ1) is 20.8. The zero-order chi connectivity index (χ0) is 24.0. The summed E-state index contributed by atoms with van der Waals surface area (Å²) < 4.78 is 9.10. The lowest BCUT2D eigenvalue weighted by Gasteiger charge is -2.40. The van der Waals surface area contributed by atoms with E-state index < -0.39 is 5.41 Å². The second kappa shape index (κ2) is 7.32. The highest BCUT2D eigenvalue weighted by molar-refractivity contribution is 9.10. The van der Waals surface area contributed by atoms with Crippen LogP contribution in [0.2, 0.25) is 0 Å². The molecule has 0 radical (unpaired) electrons. The maximum atomic E-state index is 6.96. The Balaban J connectivity index is 1.64. The van der Waals surface area contributed by atoms with E-state index in [4.69, 9.17) is 4.74 Å². The molecule has 2 aliphatic rings. The van der Waals surface area contributed by atoms with Crippen LogP contribution >= 0.6 is 31.9 Å². The van der Waals surface area contributed by atoms with Crippen LogP contribution < -0.4 is 4.74 Å². The standard InChI is InChI=1S/C33H18Br2O/c34-21-11-13-25-26-14-12-22(35)18-30(26)33(29(25)17-21)27-15-9-19-5-1-3-7-23(19)31(27)36-32-24-8-4-2-6-20(24)10-16-28(32)33/h1-18H. The molecule has 1 aliphatic carbocycles. The van der Waals surface area contributed by atoms with Crippen LogP contribution in [0.25, 0.3) is 32.7 Å². The molecule has 1 heterocycles. The number of hydrogen-bond acceptors (Lipinski definition) is 1. The Labute approximate surface area is 225 Å². The van der Waals surface area contributed by atoms with Gasteiger partial charge in [0.15, 0.2) is 0 Å². The maximum absolute atomic E-state index is 6.96. The number of benzene rings is 6. The molecule has 170 valence electrons. The van der Waals surface area contributed by atoms with Gasteiger partial charge in [0.05, 0.1) is 5.41 Å². The van der Waals surface area contributed by atoms with Gasteiger partial charge in [-0.2, -0.15) is 0 Å². The average Bonchev–Trinajstić information content (AvgIpc) is 3.18. The summed E-state index contributed by atoms with van der Waals surface area (Å²) in [7, 11) is 0. The fraction of sp³-hybridized carbons (Fsp3) is 0.0303. The van der Waals surface area contributed by atoms with E-state index in [0.717, 1.165) is 31.2 Å². The molecule has 8 rings (SSSR count). The third kappa shape index (κ3) is 2.55. The molecule has 0 saturated carbocycles. The molecule has 0 N–H and O–H groups in total. The number of ether oxygens (including phenoxy) is 1. The first-order valence-corrected chi connectivity index (χ1v) is 13.6. The van der Waals surface area contributed by atoms with Gasteiger partial charge in [0, 0.05) is 30.8 Å².